The van der Waals surface area contributed by atoms with Crippen molar-refractivity contribution in [2.75, 3.05) is 12.4 Å². The second kappa shape index (κ2) is 6.02. The summed E-state index contributed by atoms with van der Waals surface area (Å²) in [6, 6.07) is 7.04. The molecule has 16 heavy (non-hydrogen) atoms. The highest BCUT2D eigenvalue weighted by molar-refractivity contribution is 5.95. The fourth-order valence-corrected chi connectivity index (χ4v) is 1.32. The Balaban J connectivity index is 2.62. The Morgan fingerprint density at radius 3 is 2.50 bits per heavy atom. The van der Waals surface area contributed by atoms with Gasteiger partial charge in [-0.05, 0) is 26.1 Å². The van der Waals surface area contributed by atoms with Crippen molar-refractivity contribution in [2.24, 2.45) is 0 Å². The van der Waals surface area contributed by atoms with E-state index in [1.165, 1.54) is 0 Å². The summed E-state index contributed by atoms with van der Waals surface area (Å²) in [6.45, 7) is 1.98. The fourth-order valence-electron chi connectivity index (χ4n) is 1.32. The molecule has 0 saturated carbocycles. The molecule has 0 saturated heterocycles. The minimum atomic E-state index is -0.473. The van der Waals surface area contributed by atoms with Crippen LogP contribution in [0.2, 0.25) is 0 Å². The number of nitrogens with one attached hydrogen (secondary N) is 2. The number of benzene rings is 1. The van der Waals surface area contributed by atoms with Gasteiger partial charge in [0.25, 0.3) is 0 Å². The van der Waals surface area contributed by atoms with Gasteiger partial charge in [-0.3, -0.25) is 4.79 Å². The predicted octanol–water partition coefficient (Wildman–Crippen LogP) is 1.11. The molecular weight excluding hydrogens is 204 g/mol. The molecule has 4 nitrogen and oxygen atoms in total. The summed E-state index contributed by atoms with van der Waals surface area (Å²) in [5.41, 5.74) is 1.87. The zero-order chi connectivity index (χ0) is 12.0. The molecule has 0 bridgehead atoms. The predicted molar refractivity (Wildman–Crippen MR) is 63.3 cm³/mol. The molecule has 0 spiro atoms. The van der Waals surface area contributed by atoms with Crippen LogP contribution in [-0.2, 0) is 9.59 Å². The topological polar surface area (TPSA) is 58.2 Å². The first kappa shape index (κ1) is 12.4. The van der Waals surface area contributed by atoms with Crippen molar-refractivity contribution in [3.63, 3.8) is 0 Å². The number of carbonyl (C=O) groups excluding carboxylic acids is 2. The molecule has 1 amide bonds. The van der Waals surface area contributed by atoms with E-state index >= 15 is 0 Å². The van der Waals surface area contributed by atoms with Crippen molar-refractivity contribution in [1.82, 2.24) is 5.32 Å². The maximum atomic E-state index is 11.7. The standard InChI is InChI=1S/C12H16N2O2/c1-9-3-5-10(6-4-9)14-12(16)11(13-2)7-8-15/h3-6,8,11,13H,7H2,1-2H3,(H,14,16). The lowest BCUT2D eigenvalue weighted by Gasteiger charge is -2.13. The van der Waals surface area contributed by atoms with Crippen LogP contribution in [0.15, 0.2) is 24.3 Å². The molecule has 0 radical (unpaired) electrons. The summed E-state index contributed by atoms with van der Waals surface area (Å²) < 4.78 is 0. The number of aldehydes is 1. The maximum absolute atomic E-state index is 11.7. The minimum Gasteiger partial charge on any atom is -0.325 e. The molecule has 0 aromatic heterocycles. The molecule has 0 fully saturated rings. The number of aryl methyl sites for hydroxylation is 1. The molecular formula is C12H16N2O2. The second-order valence-electron chi connectivity index (χ2n) is 3.60. The summed E-state index contributed by atoms with van der Waals surface area (Å²) >= 11 is 0. The molecule has 4 heteroatoms. The van der Waals surface area contributed by atoms with E-state index in [2.05, 4.69) is 10.6 Å². The normalized spacial score (nSPS) is 11.9. The lowest BCUT2D eigenvalue weighted by Crippen LogP contribution is -2.38. The van der Waals surface area contributed by atoms with Gasteiger partial charge in [0.05, 0.1) is 6.04 Å². The smallest absolute Gasteiger partial charge is 0.241 e. The van der Waals surface area contributed by atoms with Crippen molar-refractivity contribution in [3.8, 4) is 0 Å². The molecule has 2 N–H and O–H groups in total. The van der Waals surface area contributed by atoms with Gasteiger partial charge in [0.1, 0.15) is 6.29 Å². The highest BCUT2D eigenvalue weighted by atomic mass is 16.2. The van der Waals surface area contributed by atoms with Crippen molar-refractivity contribution < 1.29 is 9.59 Å². The number of hydrogen-bond donors (Lipinski definition) is 2. The molecule has 1 aromatic carbocycles. The van der Waals surface area contributed by atoms with Crippen LogP contribution in [0.3, 0.4) is 0 Å². The SMILES string of the molecule is CNC(CC=O)C(=O)Nc1ccc(C)cc1. The van der Waals surface area contributed by atoms with Crippen LogP contribution < -0.4 is 10.6 Å². The number of hydrogen-bond acceptors (Lipinski definition) is 3. The summed E-state index contributed by atoms with van der Waals surface area (Å²) in [7, 11) is 1.66. The largest absolute Gasteiger partial charge is 0.325 e. The fraction of sp³-hybridized carbons (Fsp3) is 0.333. The molecule has 0 aliphatic rings. The lowest BCUT2D eigenvalue weighted by atomic mass is 10.2. The van der Waals surface area contributed by atoms with Crippen LogP contribution in [0.5, 0.6) is 0 Å². The number of amides is 1. The van der Waals surface area contributed by atoms with Gasteiger partial charge >= 0.3 is 0 Å². The van der Waals surface area contributed by atoms with Gasteiger partial charge in [-0.15, -0.1) is 0 Å². The molecule has 86 valence electrons. The van der Waals surface area contributed by atoms with E-state index in [1.807, 2.05) is 31.2 Å². The monoisotopic (exact) mass is 220 g/mol. The molecule has 0 aliphatic heterocycles. The van der Waals surface area contributed by atoms with Gasteiger partial charge < -0.3 is 15.4 Å². The van der Waals surface area contributed by atoms with Crippen LogP contribution >= 0.6 is 0 Å². The number of carbonyl (C=O) groups is 2. The molecule has 1 atom stereocenters. The zero-order valence-electron chi connectivity index (χ0n) is 9.49. The Hall–Kier alpha value is -1.68. The average Bonchev–Trinajstić information content (AvgIpc) is 2.29. The third kappa shape index (κ3) is 3.47. The number of likely N-dealkylation sites (N-methyl/N-ethyl adjacent to an activating group) is 1. The van der Waals surface area contributed by atoms with Crippen LogP contribution in [0.25, 0.3) is 0 Å². The van der Waals surface area contributed by atoms with Gasteiger partial charge in [0.15, 0.2) is 0 Å². The van der Waals surface area contributed by atoms with Crippen LogP contribution in [0.4, 0.5) is 5.69 Å². The molecule has 0 aliphatic carbocycles. The first-order chi connectivity index (χ1) is 7.67. The van der Waals surface area contributed by atoms with E-state index in [0.717, 1.165) is 17.5 Å². The Morgan fingerprint density at radius 1 is 1.38 bits per heavy atom. The zero-order valence-corrected chi connectivity index (χ0v) is 9.49. The number of rotatable bonds is 5. The number of anilines is 1. The van der Waals surface area contributed by atoms with Gasteiger partial charge in [-0.25, -0.2) is 0 Å². The third-order valence-electron chi connectivity index (χ3n) is 2.32. The Kier molecular flexibility index (Phi) is 4.66. The molecule has 0 heterocycles. The maximum Gasteiger partial charge on any atom is 0.241 e. The van der Waals surface area contributed by atoms with E-state index < -0.39 is 6.04 Å². The summed E-state index contributed by atoms with van der Waals surface area (Å²) in [5, 5.41) is 5.54. The van der Waals surface area contributed by atoms with E-state index in [-0.39, 0.29) is 12.3 Å². The van der Waals surface area contributed by atoms with E-state index in [4.69, 9.17) is 0 Å². The Morgan fingerprint density at radius 2 is 2.00 bits per heavy atom. The molecule has 1 aromatic rings. The first-order valence-electron chi connectivity index (χ1n) is 5.16. The third-order valence-corrected chi connectivity index (χ3v) is 2.32. The van der Waals surface area contributed by atoms with Gasteiger partial charge in [-0.2, -0.15) is 0 Å². The van der Waals surface area contributed by atoms with Gasteiger partial charge in [0, 0.05) is 12.1 Å². The molecule has 1 rings (SSSR count). The van der Waals surface area contributed by atoms with Gasteiger partial charge in [-0.1, -0.05) is 17.7 Å². The van der Waals surface area contributed by atoms with E-state index in [0.29, 0.717) is 0 Å². The van der Waals surface area contributed by atoms with Crippen LogP contribution in [0, 0.1) is 6.92 Å². The Labute approximate surface area is 95.0 Å². The van der Waals surface area contributed by atoms with E-state index in [9.17, 15) is 9.59 Å². The Bertz CT molecular complexity index is 360. The van der Waals surface area contributed by atoms with Gasteiger partial charge in [0.2, 0.25) is 5.91 Å². The van der Waals surface area contributed by atoms with Crippen molar-refractivity contribution in [1.29, 1.82) is 0 Å². The average molecular weight is 220 g/mol. The van der Waals surface area contributed by atoms with E-state index in [1.54, 1.807) is 7.05 Å². The summed E-state index contributed by atoms with van der Waals surface area (Å²) in [5.74, 6) is -0.196. The van der Waals surface area contributed by atoms with Crippen molar-refractivity contribution in [3.05, 3.63) is 29.8 Å². The minimum absolute atomic E-state index is 0.175. The highest BCUT2D eigenvalue weighted by Crippen LogP contribution is 2.09. The van der Waals surface area contributed by atoms with Crippen molar-refractivity contribution >= 4 is 17.9 Å². The lowest BCUT2D eigenvalue weighted by molar-refractivity contribution is -0.120. The molecule has 1 unspecified atom stereocenters. The second-order valence-corrected chi connectivity index (χ2v) is 3.60. The van der Waals surface area contributed by atoms with Crippen LogP contribution in [-0.4, -0.2) is 25.3 Å². The summed E-state index contributed by atoms with van der Waals surface area (Å²) in [6.07, 6.45) is 0.907. The quantitative estimate of drug-likeness (QED) is 0.731. The van der Waals surface area contributed by atoms with Crippen LogP contribution in [0.1, 0.15) is 12.0 Å². The highest BCUT2D eigenvalue weighted by Gasteiger charge is 2.15. The summed E-state index contributed by atoms with van der Waals surface area (Å²) in [4.78, 5) is 22.0. The van der Waals surface area contributed by atoms with Crippen molar-refractivity contribution in [2.45, 2.75) is 19.4 Å². The first-order valence-corrected chi connectivity index (χ1v) is 5.16.